The summed E-state index contributed by atoms with van der Waals surface area (Å²) in [6.45, 7) is 0. The molecule has 4 unspecified atom stereocenters. The molecule has 1 aliphatic rings. The van der Waals surface area contributed by atoms with Gasteiger partial charge in [0.1, 0.15) is 0 Å². The summed E-state index contributed by atoms with van der Waals surface area (Å²) >= 11 is 7.33. The van der Waals surface area contributed by atoms with E-state index < -0.39 is 0 Å². The first-order valence-corrected chi connectivity index (χ1v) is 7.71. The Kier molecular flexibility index (Phi) is 4.29. The van der Waals surface area contributed by atoms with Crippen molar-refractivity contribution in [3.05, 3.63) is 35.9 Å². The summed E-state index contributed by atoms with van der Waals surface area (Å²) in [5.41, 5.74) is 13.7. The minimum atomic E-state index is -0.331. The van der Waals surface area contributed by atoms with Crippen LogP contribution < -0.4 is 11.5 Å². The molecule has 94 valence electrons. The maximum Gasteiger partial charge on any atom is 0.0370 e. The molecule has 0 bridgehead atoms. The Balaban J connectivity index is 2.16. The SMILES string of the molecule is NC1C(Br)CC(Br)CC1(N)Cc1ccccc1. The molecule has 4 heteroatoms. The molecule has 1 saturated carbocycles. The van der Waals surface area contributed by atoms with Crippen LogP contribution in [0.2, 0.25) is 0 Å². The average molecular weight is 362 g/mol. The van der Waals surface area contributed by atoms with E-state index in [1.54, 1.807) is 0 Å². The van der Waals surface area contributed by atoms with E-state index in [0.29, 0.717) is 4.83 Å². The van der Waals surface area contributed by atoms with Gasteiger partial charge in [0.25, 0.3) is 0 Å². The van der Waals surface area contributed by atoms with E-state index >= 15 is 0 Å². The van der Waals surface area contributed by atoms with Gasteiger partial charge in [0.05, 0.1) is 0 Å². The van der Waals surface area contributed by atoms with E-state index in [1.165, 1.54) is 5.56 Å². The van der Waals surface area contributed by atoms with Crippen LogP contribution in [0.25, 0.3) is 0 Å². The molecule has 0 amide bonds. The Morgan fingerprint density at radius 3 is 2.53 bits per heavy atom. The zero-order valence-corrected chi connectivity index (χ0v) is 12.8. The van der Waals surface area contributed by atoms with Crippen LogP contribution >= 0.6 is 31.9 Å². The second kappa shape index (κ2) is 5.39. The average Bonchev–Trinajstić information content (AvgIpc) is 2.27. The number of nitrogens with two attached hydrogens (primary N) is 2. The lowest BCUT2D eigenvalue weighted by Crippen LogP contribution is -2.64. The first kappa shape index (κ1) is 13.5. The predicted molar refractivity (Wildman–Crippen MR) is 79.7 cm³/mol. The van der Waals surface area contributed by atoms with Crippen LogP contribution in [-0.2, 0) is 6.42 Å². The summed E-state index contributed by atoms with van der Waals surface area (Å²) in [6, 6.07) is 10.3. The Bertz CT molecular complexity index is 371. The zero-order valence-electron chi connectivity index (χ0n) is 9.65. The molecule has 4 N–H and O–H groups in total. The largest absolute Gasteiger partial charge is 0.325 e. The lowest BCUT2D eigenvalue weighted by atomic mass is 9.75. The smallest absolute Gasteiger partial charge is 0.0370 e. The molecule has 0 aliphatic heterocycles. The van der Waals surface area contributed by atoms with E-state index in [2.05, 4.69) is 44.0 Å². The number of benzene rings is 1. The summed E-state index contributed by atoms with van der Waals surface area (Å²) in [5, 5.41) is 0. The van der Waals surface area contributed by atoms with Crippen LogP contribution in [-0.4, -0.2) is 21.2 Å². The number of halogens is 2. The Morgan fingerprint density at radius 2 is 1.88 bits per heavy atom. The Labute approximate surface area is 119 Å². The molecule has 0 heterocycles. The second-order valence-corrected chi connectivity index (χ2v) is 7.45. The molecule has 0 saturated heterocycles. The highest BCUT2D eigenvalue weighted by Crippen LogP contribution is 2.35. The molecule has 1 aliphatic carbocycles. The fourth-order valence-corrected chi connectivity index (χ4v) is 5.03. The quantitative estimate of drug-likeness (QED) is 0.795. The highest BCUT2D eigenvalue weighted by atomic mass is 79.9. The van der Waals surface area contributed by atoms with Gasteiger partial charge >= 0.3 is 0 Å². The van der Waals surface area contributed by atoms with Crippen LogP contribution in [0.3, 0.4) is 0 Å². The fraction of sp³-hybridized carbons (Fsp3) is 0.538. The lowest BCUT2D eigenvalue weighted by molar-refractivity contribution is 0.268. The van der Waals surface area contributed by atoms with Crippen molar-refractivity contribution >= 4 is 31.9 Å². The van der Waals surface area contributed by atoms with Crippen molar-refractivity contribution in [3.8, 4) is 0 Å². The first-order valence-electron chi connectivity index (χ1n) is 5.88. The van der Waals surface area contributed by atoms with Crippen molar-refractivity contribution in [2.24, 2.45) is 11.5 Å². The number of alkyl halides is 2. The van der Waals surface area contributed by atoms with E-state index in [1.807, 2.05) is 18.2 Å². The van der Waals surface area contributed by atoms with Gasteiger partial charge in [0.15, 0.2) is 0 Å². The predicted octanol–water partition coefficient (Wildman–Crippen LogP) is 2.57. The molecule has 1 fully saturated rings. The van der Waals surface area contributed by atoms with Crippen molar-refractivity contribution in [3.63, 3.8) is 0 Å². The van der Waals surface area contributed by atoms with Crippen molar-refractivity contribution in [2.75, 3.05) is 0 Å². The monoisotopic (exact) mass is 360 g/mol. The van der Waals surface area contributed by atoms with Gasteiger partial charge in [0.2, 0.25) is 0 Å². The topological polar surface area (TPSA) is 52.0 Å². The number of hydrogen-bond acceptors (Lipinski definition) is 2. The molecule has 0 spiro atoms. The van der Waals surface area contributed by atoms with Gasteiger partial charge in [-0.2, -0.15) is 0 Å². The van der Waals surface area contributed by atoms with Gasteiger partial charge in [0, 0.05) is 21.2 Å². The number of hydrogen-bond donors (Lipinski definition) is 2. The molecule has 0 radical (unpaired) electrons. The van der Waals surface area contributed by atoms with Crippen molar-refractivity contribution in [1.82, 2.24) is 0 Å². The molecule has 1 aromatic carbocycles. The zero-order chi connectivity index (χ0) is 12.5. The van der Waals surface area contributed by atoms with Crippen molar-refractivity contribution < 1.29 is 0 Å². The van der Waals surface area contributed by atoms with Crippen molar-refractivity contribution in [2.45, 2.75) is 40.5 Å². The highest BCUT2D eigenvalue weighted by molar-refractivity contribution is 9.10. The van der Waals surface area contributed by atoms with E-state index in [-0.39, 0.29) is 16.4 Å². The number of rotatable bonds is 2. The molecular formula is C13H18Br2N2. The lowest BCUT2D eigenvalue weighted by Gasteiger charge is -2.44. The van der Waals surface area contributed by atoms with E-state index in [4.69, 9.17) is 11.5 Å². The molecule has 4 atom stereocenters. The highest BCUT2D eigenvalue weighted by Gasteiger charge is 2.42. The molecular weight excluding hydrogens is 344 g/mol. The second-order valence-electron chi connectivity index (χ2n) is 4.97. The van der Waals surface area contributed by atoms with Gasteiger partial charge in [-0.3, -0.25) is 0 Å². The molecule has 1 aromatic rings. The first-order chi connectivity index (χ1) is 8.01. The minimum Gasteiger partial charge on any atom is -0.325 e. The van der Waals surface area contributed by atoms with Crippen LogP contribution in [0.15, 0.2) is 30.3 Å². The fourth-order valence-electron chi connectivity index (χ4n) is 2.55. The third-order valence-corrected chi connectivity index (χ3v) is 5.15. The standard InChI is InChI=1S/C13H18Br2N2/c14-10-6-11(15)12(16)13(17,8-10)7-9-4-2-1-3-5-9/h1-5,10-12H,6-8,16-17H2. The molecule has 0 aromatic heterocycles. The van der Waals surface area contributed by atoms with Gasteiger partial charge in [-0.05, 0) is 24.8 Å². The maximum atomic E-state index is 6.53. The van der Waals surface area contributed by atoms with Crippen LogP contribution in [0.5, 0.6) is 0 Å². The Hall–Kier alpha value is 0.1000. The van der Waals surface area contributed by atoms with Crippen LogP contribution in [0, 0.1) is 0 Å². The summed E-state index contributed by atoms with van der Waals surface area (Å²) in [5.74, 6) is 0. The maximum absolute atomic E-state index is 6.53. The normalized spacial score (nSPS) is 38.0. The third-order valence-electron chi connectivity index (χ3n) is 3.51. The third kappa shape index (κ3) is 3.11. The van der Waals surface area contributed by atoms with Gasteiger partial charge in [-0.1, -0.05) is 62.2 Å². The van der Waals surface area contributed by atoms with Crippen LogP contribution in [0.1, 0.15) is 18.4 Å². The van der Waals surface area contributed by atoms with Gasteiger partial charge in [-0.15, -0.1) is 0 Å². The Morgan fingerprint density at radius 1 is 1.24 bits per heavy atom. The van der Waals surface area contributed by atoms with Crippen LogP contribution in [0.4, 0.5) is 0 Å². The summed E-state index contributed by atoms with van der Waals surface area (Å²) < 4.78 is 0. The molecule has 2 rings (SSSR count). The van der Waals surface area contributed by atoms with Gasteiger partial charge < -0.3 is 11.5 Å². The minimum absolute atomic E-state index is 0.00324. The van der Waals surface area contributed by atoms with Gasteiger partial charge in [-0.25, -0.2) is 0 Å². The molecule has 17 heavy (non-hydrogen) atoms. The summed E-state index contributed by atoms with van der Waals surface area (Å²) in [7, 11) is 0. The van der Waals surface area contributed by atoms with Crippen molar-refractivity contribution in [1.29, 1.82) is 0 Å². The summed E-state index contributed by atoms with van der Waals surface area (Å²) in [6.07, 6.45) is 2.79. The van der Waals surface area contributed by atoms with E-state index in [9.17, 15) is 0 Å². The summed E-state index contributed by atoms with van der Waals surface area (Å²) in [4.78, 5) is 0.731. The van der Waals surface area contributed by atoms with E-state index in [0.717, 1.165) is 19.3 Å². The molecule has 2 nitrogen and oxygen atoms in total.